The van der Waals surface area contributed by atoms with Crippen LogP contribution in [-0.4, -0.2) is 47.4 Å². The van der Waals surface area contributed by atoms with Gasteiger partial charge in [-0.3, -0.25) is 19.5 Å². The smallest absolute Gasteiger partial charge is 0.270 e. The molecule has 0 radical (unpaired) electrons. The van der Waals surface area contributed by atoms with Gasteiger partial charge in [0.05, 0.1) is 6.54 Å². The fourth-order valence-corrected chi connectivity index (χ4v) is 3.25. The molecule has 3 rings (SSSR count). The third kappa shape index (κ3) is 5.32. The lowest BCUT2D eigenvalue weighted by Crippen LogP contribution is -2.49. The molecular formula is C20H22F2N4O2. The molecule has 0 saturated carbocycles. The number of nitrogens with one attached hydrogen (secondary N) is 2. The first-order chi connectivity index (χ1) is 13.5. The van der Waals surface area contributed by atoms with Gasteiger partial charge in [-0.15, -0.1) is 0 Å². The van der Waals surface area contributed by atoms with Crippen molar-refractivity contribution < 1.29 is 18.4 Å². The molecule has 28 heavy (non-hydrogen) atoms. The van der Waals surface area contributed by atoms with Gasteiger partial charge >= 0.3 is 0 Å². The van der Waals surface area contributed by atoms with Crippen molar-refractivity contribution in [3.8, 4) is 0 Å². The average Bonchev–Trinajstić information content (AvgIpc) is 2.70. The van der Waals surface area contributed by atoms with Crippen LogP contribution in [0, 0.1) is 11.6 Å². The van der Waals surface area contributed by atoms with Gasteiger partial charge in [0.25, 0.3) is 5.91 Å². The molecule has 2 heterocycles. The molecule has 0 aliphatic carbocycles. The molecular weight excluding hydrogens is 366 g/mol. The van der Waals surface area contributed by atoms with Crippen molar-refractivity contribution in [2.24, 2.45) is 0 Å². The lowest BCUT2D eigenvalue weighted by molar-refractivity contribution is -0.121. The molecule has 1 atom stereocenters. The van der Waals surface area contributed by atoms with Gasteiger partial charge in [0.2, 0.25) is 5.91 Å². The summed E-state index contributed by atoms with van der Waals surface area (Å²) < 4.78 is 27.7. The van der Waals surface area contributed by atoms with Crippen molar-refractivity contribution in [3.63, 3.8) is 0 Å². The molecule has 0 bridgehead atoms. The Morgan fingerprint density at radius 2 is 1.93 bits per heavy atom. The van der Waals surface area contributed by atoms with E-state index in [-0.39, 0.29) is 36.3 Å². The van der Waals surface area contributed by atoms with E-state index in [1.807, 2.05) is 4.90 Å². The summed E-state index contributed by atoms with van der Waals surface area (Å²) in [5.41, 5.74) is 0.281. The Morgan fingerprint density at radius 3 is 2.64 bits per heavy atom. The largest absolute Gasteiger partial charge is 0.351 e. The third-order valence-electron chi connectivity index (χ3n) is 4.62. The Bertz CT molecular complexity index is 812. The van der Waals surface area contributed by atoms with E-state index in [0.29, 0.717) is 13.1 Å². The highest BCUT2D eigenvalue weighted by atomic mass is 19.1. The predicted molar refractivity (Wildman–Crippen MR) is 99.4 cm³/mol. The highest BCUT2D eigenvalue weighted by molar-refractivity contribution is 5.94. The number of pyridine rings is 1. The zero-order valence-corrected chi connectivity index (χ0v) is 15.3. The minimum absolute atomic E-state index is 0.0390. The Labute approximate surface area is 162 Å². The van der Waals surface area contributed by atoms with Crippen LogP contribution in [0.5, 0.6) is 0 Å². The van der Waals surface area contributed by atoms with Gasteiger partial charge in [-0.05, 0) is 43.7 Å². The van der Waals surface area contributed by atoms with Crippen molar-refractivity contribution >= 4 is 11.8 Å². The maximum atomic E-state index is 13.8. The maximum Gasteiger partial charge on any atom is 0.270 e. The minimum atomic E-state index is -0.566. The summed E-state index contributed by atoms with van der Waals surface area (Å²) in [6.07, 6.45) is 3.08. The molecule has 2 aromatic rings. The lowest BCUT2D eigenvalue weighted by Gasteiger charge is -2.33. The van der Waals surface area contributed by atoms with Crippen LogP contribution in [0.2, 0.25) is 0 Å². The molecule has 0 spiro atoms. The molecule has 148 valence electrons. The first kappa shape index (κ1) is 19.9. The summed E-state index contributed by atoms with van der Waals surface area (Å²) in [7, 11) is 0. The van der Waals surface area contributed by atoms with Crippen LogP contribution >= 0.6 is 0 Å². The van der Waals surface area contributed by atoms with E-state index in [9.17, 15) is 18.4 Å². The summed E-state index contributed by atoms with van der Waals surface area (Å²) in [6, 6.07) is 8.64. The SMILES string of the molecule is O=C(CNC(=O)c1ccccn1)N[C@@H]1CCCN(Cc2c(F)cccc2F)C1. The van der Waals surface area contributed by atoms with Crippen LogP contribution in [0.1, 0.15) is 28.9 Å². The Morgan fingerprint density at radius 1 is 1.14 bits per heavy atom. The average molecular weight is 388 g/mol. The molecule has 1 aliphatic heterocycles. The van der Waals surface area contributed by atoms with Gasteiger partial charge in [0, 0.05) is 30.9 Å². The standard InChI is InChI=1S/C20H22F2N4O2/c21-16-6-3-7-17(22)15(16)13-26-10-4-5-14(12-26)25-19(27)11-24-20(28)18-8-1-2-9-23-18/h1-3,6-9,14H,4-5,10-13H2,(H,24,28)(H,25,27)/t14-/m1/s1. The van der Waals surface area contributed by atoms with E-state index in [2.05, 4.69) is 15.6 Å². The second kappa shape index (κ2) is 9.36. The number of nitrogens with zero attached hydrogens (tertiary/aromatic N) is 2. The normalized spacial score (nSPS) is 17.1. The maximum absolute atomic E-state index is 13.8. The van der Waals surface area contributed by atoms with Gasteiger partial charge in [-0.2, -0.15) is 0 Å². The summed E-state index contributed by atoms with van der Waals surface area (Å²) in [4.78, 5) is 29.9. The molecule has 1 aromatic carbocycles. The summed E-state index contributed by atoms with van der Waals surface area (Å²) in [5, 5.41) is 5.40. The van der Waals surface area contributed by atoms with E-state index in [0.717, 1.165) is 12.8 Å². The fourth-order valence-electron chi connectivity index (χ4n) is 3.25. The quantitative estimate of drug-likeness (QED) is 0.792. The van der Waals surface area contributed by atoms with Gasteiger partial charge in [-0.25, -0.2) is 8.78 Å². The summed E-state index contributed by atoms with van der Waals surface area (Å²) in [6.45, 7) is 1.19. The molecule has 1 aliphatic rings. The van der Waals surface area contributed by atoms with E-state index >= 15 is 0 Å². The first-order valence-corrected chi connectivity index (χ1v) is 9.17. The van der Waals surface area contributed by atoms with Crippen molar-refractivity contribution in [1.29, 1.82) is 0 Å². The Kier molecular flexibility index (Phi) is 6.65. The van der Waals surface area contributed by atoms with Crippen molar-refractivity contribution in [3.05, 3.63) is 65.5 Å². The highest BCUT2D eigenvalue weighted by Crippen LogP contribution is 2.18. The number of rotatable bonds is 6. The van der Waals surface area contributed by atoms with E-state index in [1.54, 1.807) is 18.2 Å². The Hall–Kier alpha value is -2.87. The second-order valence-electron chi connectivity index (χ2n) is 6.74. The number of amides is 2. The molecule has 1 fully saturated rings. The van der Waals surface area contributed by atoms with Crippen LogP contribution in [0.4, 0.5) is 8.78 Å². The number of carbonyl (C=O) groups excluding carboxylic acids is 2. The zero-order valence-electron chi connectivity index (χ0n) is 15.3. The van der Waals surface area contributed by atoms with Gasteiger partial charge in [0.1, 0.15) is 17.3 Å². The van der Waals surface area contributed by atoms with Crippen molar-refractivity contribution in [1.82, 2.24) is 20.5 Å². The van der Waals surface area contributed by atoms with E-state index in [1.165, 1.54) is 24.4 Å². The Balaban J connectivity index is 1.48. The van der Waals surface area contributed by atoms with E-state index in [4.69, 9.17) is 0 Å². The van der Waals surface area contributed by atoms with Crippen LogP contribution < -0.4 is 10.6 Å². The monoisotopic (exact) mass is 388 g/mol. The molecule has 2 amide bonds. The lowest BCUT2D eigenvalue weighted by atomic mass is 10.0. The van der Waals surface area contributed by atoms with Gasteiger partial charge in [-0.1, -0.05) is 12.1 Å². The number of aromatic nitrogens is 1. The van der Waals surface area contributed by atoms with Gasteiger partial charge < -0.3 is 10.6 Å². The zero-order chi connectivity index (χ0) is 19.9. The van der Waals surface area contributed by atoms with Gasteiger partial charge in [0.15, 0.2) is 0 Å². The molecule has 6 nitrogen and oxygen atoms in total. The van der Waals surface area contributed by atoms with Crippen LogP contribution in [0.15, 0.2) is 42.6 Å². The summed E-state index contributed by atoms with van der Waals surface area (Å²) in [5.74, 6) is -1.86. The number of likely N-dealkylation sites (tertiary alicyclic amines) is 1. The van der Waals surface area contributed by atoms with Crippen LogP contribution in [0.25, 0.3) is 0 Å². The molecule has 8 heteroatoms. The second-order valence-corrected chi connectivity index (χ2v) is 6.74. The number of hydrogen-bond acceptors (Lipinski definition) is 4. The number of hydrogen-bond donors (Lipinski definition) is 2. The minimum Gasteiger partial charge on any atom is -0.351 e. The topological polar surface area (TPSA) is 74.3 Å². The molecule has 1 saturated heterocycles. The third-order valence-corrected chi connectivity index (χ3v) is 4.62. The molecule has 0 unspecified atom stereocenters. The van der Waals surface area contributed by atoms with Crippen LogP contribution in [0.3, 0.4) is 0 Å². The van der Waals surface area contributed by atoms with Crippen molar-refractivity contribution in [2.75, 3.05) is 19.6 Å². The molecule has 1 aromatic heterocycles. The number of piperidine rings is 1. The number of benzene rings is 1. The van der Waals surface area contributed by atoms with Crippen molar-refractivity contribution in [2.45, 2.75) is 25.4 Å². The highest BCUT2D eigenvalue weighted by Gasteiger charge is 2.23. The van der Waals surface area contributed by atoms with Crippen LogP contribution in [-0.2, 0) is 11.3 Å². The first-order valence-electron chi connectivity index (χ1n) is 9.17. The number of carbonyl (C=O) groups is 2. The van der Waals surface area contributed by atoms with E-state index < -0.39 is 17.5 Å². The summed E-state index contributed by atoms with van der Waals surface area (Å²) >= 11 is 0. The number of halogens is 2. The fraction of sp³-hybridized carbons (Fsp3) is 0.350. The predicted octanol–water partition coefficient (Wildman–Crippen LogP) is 1.87. The molecule has 2 N–H and O–H groups in total.